The van der Waals surface area contributed by atoms with Gasteiger partial charge >= 0.3 is 286 Å². The molecule has 0 nitrogen and oxygen atoms in total. The third-order valence-corrected chi connectivity index (χ3v) is 19.5. The summed E-state index contributed by atoms with van der Waals surface area (Å²) in [6.45, 7) is 18.9. The van der Waals surface area contributed by atoms with Crippen LogP contribution in [0, 0.1) is 6.92 Å². The van der Waals surface area contributed by atoms with Crippen molar-refractivity contribution in [2.45, 2.75) is 73.5 Å². The SMILES string of the molecule is CC1=Cc2cccc(C)c2[CH]1[Zr](=[C](c1ccccc1)c1ccccc1)[CH]1c2cc(C(C)(C)C)ccc2-c2ccc(C(C)(C)C)cc21.Cl.Cl. The maximum Gasteiger partial charge on any atom is -0.147 e. The molecule has 0 aliphatic heterocycles. The van der Waals surface area contributed by atoms with Gasteiger partial charge in [0.1, 0.15) is 0 Å². The number of allylic oxidation sites excluding steroid dienone is 1. The monoisotopic (exact) mass is 748 g/mol. The Balaban J connectivity index is 0.00000225. The van der Waals surface area contributed by atoms with Crippen molar-refractivity contribution >= 4 is 34.1 Å². The first-order valence-electron chi connectivity index (χ1n) is 16.9. The minimum absolute atomic E-state index is 0. The van der Waals surface area contributed by atoms with Crippen LogP contribution in [-0.2, 0) is 32.1 Å². The van der Waals surface area contributed by atoms with E-state index in [1.165, 1.54) is 50.1 Å². The predicted octanol–water partition coefficient (Wildman–Crippen LogP) is 12.5. The summed E-state index contributed by atoms with van der Waals surface area (Å²) >= 11 is -2.91. The second-order valence-corrected chi connectivity index (χ2v) is 21.8. The van der Waals surface area contributed by atoms with Gasteiger partial charge in [-0.1, -0.05) is 0 Å². The van der Waals surface area contributed by atoms with Gasteiger partial charge in [0.05, 0.1) is 0 Å². The molecule has 0 heterocycles. The van der Waals surface area contributed by atoms with Gasteiger partial charge < -0.3 is 0 Å². The van der Waals surface area contributed by atoms with Gasteiger partial charge in [-0.2, -0.15) is 0 Å². The smallest absolute Gasteiger partial charge is 0.147 e. The normalized spacial score (nSPS) is 15.0. The fourth-order valence-corrected chi connectivity index (χ4v) is 18.5. The van der Waals surface area contributed by atoms with Crippen LogP contribution in [0.1, 0.15) is 106 Å². The first-order valence-corrected chi connectivity index (χ1v) is 20.9. The zero-order valence-corrected chi connectivity index (χ0v) is 33.6. The maximum atomic E-state index is 2.61. The molecule has 0 fully saturated rings. The van der Waals surface area contributed by atoms with Gasteiger partial charge in [0.2, 0.25) is 0 Å². The van der Waals surface area contributed by atoms with Gasteiger partial charge in [-0.3, -0.25) is 0 Å². The van der Waals surface area contributed by atoms with Gasteiger partial charge in [-0.15, -0.1) is 24.8 Å². The first-order chi connectivity index (χ1) is 21.9. The zero-order valence-electron chi connectivity index (χ0n) is 29.5. The second-order valence-electron chi connectivity index (χ2n) is 15.5. The van der Waals surface area contributed by atoms with Crippen LogP contribution in [0.3, 0.4) is 0 Å². The van der Waals surface area contributed by atoms with E-state index in [-0.39, 0.29) is 35.6 Å². The van der Waals surface area contributed by atoms with E-state index >= 15 is 0 Å². The van der Waals surface area contributed by atoms with Crippen LogP contribution >= 0.6 is 24.8 Å². The summed E-state index contributed by atoms with van der Waals surface area (Å²) in [4.78, 5) is 0. The molecule has 0 saturated heterocycles. The zero-order chi connectivity index (χ0) is 32.4. The van der Waals surface area contributed by atoms with E-state index in [0.29, 0.717) is 7.25 Å². The number of benzene rings is 5. The second kappa shape index (κ2) is 13.8. The van der Waals surface area contributed by atoms with E-state index in [9.17, 15) is 0 Å². The fourth-order valence-electron chi connectivity index (χ4n) is 7.87. The molecule has 0 N–H and O–H groups in total. The molecule has 0 radical (unpaired) electrons. The summed E-state index contributed by atoms with van der Waals surface area (Å²) in [6.07, 6.45) is 2.51. The number of hydrogen-bond donors (Lipinski definition) is 0. The number of aryl methyl sites for hydroxylation is 1. The molecule has 0 bridgehead atoms. The third-order valence-electron chi connectivity index (χ3n) is 10.3. The van der Waals surface area contributed by atoms with Crippen molar-refractivity contribution in [3.8, 4) is 11.1 Å². The van der Waals surface area contributed by atoms with Crippen molar-refractivity contribution in [1.29, 1.82) is 0 Å². The van der Waals surface area contributed by atoms with Crippen molar-refractivity contribution in [2.75, 3.05) is 0 Å². The van der Waals surface area contributed by atoms with Gasteiger partial charge in [0, 0.05) is 0 Å². The molecule has 5 aromatic carbocycles. The van der Waals surface area contributed by atoms with Crippen LogP contribution in [0.4, 0.5) is 0 Å². The molecular weight excluding hydrogens is 703 g/mol. The number of halogens is 2. The number of hydrogen-bond acceptors (Lipinski definition) is 0. The van der Waals surface area contributed by atoms with E-state index in [2.05, 4.69) is 177 Å². The molecule has 1 unspecified atom stereocenters. The van der Waals surface area contributed by atoms with E-state index < -0.39 is 21.3 Å². The Labute approximate surface area is 308 Å². The average molecular weight is 751 g/mol. The Kier molecular flexibility index (Phi) is 10.5. The molecule has 48 heavy (non-hydrogen) atoms. The summed E-state index contributed by atoms with van der Waals surface area (Å²) in [7, 11) is 0. The van der Waals surface area contributed by atoms with Crippen molar-refractivity contribution in [1.82, 2.24) is 0 Å². The van der Waals surface area contributed by atoms with Gasteiger partial charge in [-0.25, -0.2) is 0 Å². The summed E-state index contributed by atoms with van der Waals surface area (Å²) in [5.74, 6) is 0. The van der Waals surface area contributed by atoms with Crippen molar-refractivity contribution in [3.63, 3.8) is 0 Å². The molecule has 2 aliphatic rings. The van der Waals surface area contributed by atoms with Gasteiger partial charge in [-0.05, 0) is 0 Å². The van der Waals surface area contributed by atoms with E-state index in [1.807, 2.05) is 0 Å². The summed E-state index contributed by atoms with van der Waals surface area (Å²) in [6, 6.07) is 44.6. The van der Waals surface area contributed by atoms with Crippen LogP contribution in [0.15, 0.2) is 121 Å². The molecule has 2 aliphatic carbocycles. The Bertz CT molecular complexity index is 1920. The van der Waals surface area contributed by atoms with Gasteiger partial charge in [0.25, 0.3) is 0 Å². The first kappa shape index (κ1) is 36.5. The fraction of sp³-hybridized carbons (Fsp3) is 0.267. The third kappa shape index (κ3) is 6.44. The minimum Gasteiger partial charge on any atom is -0.147 e. The van der Waals surface area contributed by atoms with Gasteiger partial charge in [0.15, 0.2) is 0 Å². The van der Waals surface area contributed by atoms with Crippen LogP contribution in [0.5, 0.6) is 0 Å². The summed E-state index contributed by atoms with van der Waals surface area (Å²) in [5.41, 5.74) is 17.8. The van der Waals surface area contributed by atoms with Crippen molar-refractivity contribution in [2.24, 2.45) is 0 Å². The Morgan fingerprint density at radius 3 is 1.48 bits per heavy atom. The number of fused-ring (bicyclic) bond motifs is 4. The molecule has 1 atom stereocenters. The average Bonchev–Trinajstić information content (AvgIpc) is 3.54. The molecule has 0 saturated carbocycles. The molecule has 0 amide bonds. The van der Waals surface area contributed by atoms with Crippen molar-refractivity contribution < 1.29 is 21.3 Å². The topological polar surface area (TPSA) is 0 Å². The summed E-state index contributed by atoms with van der Waals surface area (Å²) in [5, 5.41) is 0. The number of rotatable bonds is 4. The Hall–Kier alpha value is -2.83. The van der Waals surface area contributed by atoms with Crippen LogP contribution in [-0.4, -0.2) is 3.21 Å². The quantitative estimate of drug-likeness (QED) is 0.172. The largest absolute Gasteiger partial charge is 0.147 e. The molecule has 5 aromatic rings. The standard InChI is InChI=1S/C21H25.C13H10.C11H11.2ClH.Zr/c1-20(2,3)16-7-9-18-14(12-16)11-15-13-17(21(4,5)6)8-10-19(15)18;1-3-7-12(8-4-1)11-13-9-5-2-6-10-13;1-8-6-10-5-3-4-9(2)11(10)7-8;;;/h7-13H,1-6H3;1-10H;3-7H,1-2H3;2*1H;. The molecule has 0 aromatic heterocycles. The van der Waals surface area contributed by atoms with E-state index in [4.69, 9.17) is 0 Å². The maximum absolute atomic E-state index is 2.91. The molecule has 7 rings (SSSR count). The molecule has 3 heteroatoms. The minimum atomic E-state index is -2.91. The van der Waals surface area contributed by atoms with E-state index in [1.54, 1.807) is 19.9 Å². The van der Waals surface area contributed by atoms with E-state index in [0.717, 1.165) is 0 Å². The molecule has 246 valence electrons. The molecular formula is C45H48Cl2Zr. The Morgan fingerprint density at radius 2 is 1.02 bits per heavy atom. The van der Waals surface area contributed by atoms with Crippen LogP contribution < -0.4 is 0 Å². The molecule has 0 spiro atoms. The van der Waals surface area contributed by atoms with Crippen LogP contribution in [0.2, 0.25) is 0 Å². The van der Waals surface area contributed by atoms with Crippen molar-refractivity contribution in [3.05, 3.63) is 171 Å². The van der Waals surface area contributed by atoms with Crippen LogP contribution in [0.25, 0.3) is 17.2 Å². The Morgan fingerprint density at radius 1 is 0.542 bits per heavy atom. The predicted molar refractivity (Wildman–Crippen MR) is 209 cm³/mol. The summed E-state index contributed by atoms with van der Waals surface area (Å²) < 4.78 is 2.45.